The number of anilines is 1. The molecule has 8 heteroatoms. The monoisotopic (exact) mass is 469 g/mol. The summed E-state index contributed by atoms with van der Waals surface area (Å²) >= 11 is 13.5. The molecule has 0 saturated carbocycles. The van der Waals surface area contributed by atoms with Crippen molar-refractivity contribution in [2.75, 3.05) is 18.5 Å². The highest BCUT2D eigenvalue weighted by molar-refractivity contribution is 7.17. The lowest BCUT2D eigenvalue weighted by Gasteiger charge is -2.12. The molecule has 1 N–H and O–H groups in total. The first-order valence-electron chi connectivity index (χ1n) is 10.2. The average molecular weight is 470 g/mol. The van der Waals surface area contributed by atoms with Gasteiger partial charge in [-0.1, -0.05) is 30.1 Å². The van der Waals surface area contributed by atoms with E-state index < -0.39 is 0 Å². The Hall–Kier alpha value is -1.76. The summed E-state index contributed by atoms with van der Waals surface area (Å²) in [4.78, 5) is 26.3. The molecule has 0 bridgehead atoms. The van der Waals surface area contributed by atoms with Crippen LogP contribution in [0.25, 0.3) is 0 Å². The summed E-state index contributed by atoms with van der Waals surface area (Å²) in [6, 6.07) is 5.02. The number of rotatable bonds is 9. The summed E-state index contributed by atoms with van der Waals surface area (Å²) in [5, 5.41) is 4.51. The van der Waals surface area contributed by atoms with Crippen molar-refractivity contribution < 1.29 is 19.1 Å². The zero-order chi connectivity index (χ0) is 21.5. The zero-order valence-corrected chi connectivity index (χ0v) is 19.2. The Morgan fingerprint density at radius 1 is 1.17 bits per heavy atom. The van der Waals surface area contributed by atoms with Gasteiger partial charge in [0.1, 0.15) is 10.8 Å². The summed E-state index contributed by atoms with van der Waals surface area (Å²) < 4.78 is 11.0. The molecule has 0 atom stereocenters. The number of halogens is 2. The summed E-state index contributed by atoms with van der Waals surface area (Å²) in [6.07, 6.45) is 5.51. The van der Waals surface area contributed by atoms with Crippen molar-refractivity contribution >= 4 is 51.4 Å². The van der Waals surface area contributed by atoms with Crippen molar-refractivity contribution in [3.05, 3.63) is 44.2 Å². The molecule has 162 valence electrons. The van der Waals surface area contributed by atoms with E-state index in [1.165, 1.54) is 16.2 Å². The maximum absolute atomic E-state index is 12.6. The molecule has 2 aromatic rings. The minimum atomic E-state index is -0.340. The second-order valence-electron chi connectivity index (χ2n) is 7.13. The molecule has 0 spiro atoms. The number of fused-ring (bicyclic) bond motifs is 1. The molecule has 0 radical (unpaired) electrons. The summed E-state index contributed by atoms with van der Waals surface area (Å²) in [7, 11) is 0. The maximum Gasteiger partial charge on any atom is 0.341 e. The van der Waals surface area contributed by atoms with Gasteiger partial charge in [-0.2, -0.15) is 0 Å². The number of hydrogen-bond donors (Lipinski definition) is 1. The Labute approximate surface area is 190 Å². The molecule has 0 saturated heterocycles. The third-order valence-electron chi connectivity index (χ3n) is 4.77. The van der Waals surface area contributed by atoms with Crippen LogP contribution in [0.4, 0.5) is 5.00 Å². The van der Waals surface area contributed by atoms with E-state index >= 15 is 0 Å². The van der Waals surface area contributed by atoms with Crippen LogP contribution in [0.15, 0.2) is 18.2 Å². The molecule has 3 rings (SSSR count). The fraction of sp³-hybridized carbons (Fsp3) is 0.455. The van der Waals surface area contributed by atoms with Crippen LogP contribution in [0.5, 0.6) is 5.75 Å². The number of benzene rings is 1. The Morgan fingerprint density at radius 3 is 2.73 bits per heavy atom. The van der Waals surface area contributed by atoms with Crippen LogP contribution >= 0.6 is 34.5 Å². The van der Waals surface area contributed by atoms with Crippen molar-refractivity contribution in [1.29, 1.82) is 0 Å². The number of thiophene rings is 1. The van der Waals surface area contributed by atoms with Gasteiger partial charge < -0.3 is 14.8 Å². The number of amides is 1. The number of hydrogen-bond acceptors (Lipinski definition) is 5. The van der Waals surface area contributed by atoms with Gasteiger partial charge in [0.25, 0.3) is 0 Å². The lowest BCUT2D eigenvalue weighted by atomic mass is 9.95. The Kier molecular flexibility index (Phi) is 8.42. The van der Waals surface area contributed by atoms with Gasteiger partial charge in [0.05, 0.1) is 23.8 Å². The predicted octanol–water partition coefficient (Wildman–Crippen LogP) is 6.30. The number of nitrogens with one attached hydrogen (secondary N) is 1. The summed E-state index contributed by atoms with van der Waals surface area (Å²) in [5.74, 6) is 0.0459. The summed E-state index contributed by atoms with van der Waals surface area (Å²) in [6.45, 7) is 2.68. The van der Waals surface area contributed by atoms with Crippen molar-refractivity contribution in [2.24, 2.45) is 0 Å². The van der Waals surface area contributed by atoms with E-state index in [0.717, 1.165) is 37.7 Å². The van der Waals surface area contributed by atoms with Crippen molar-refractivity contribution in [3.8, 4) is 5.75 Å². The highest BCUT2D eigenvalue weighted by Gasteiger charge is 2.27. The number of carbonyl (C=O) groups excluding carboxylic acids is 2. The van der Waals surface area contributed by atoms with Gasteiger partial charge in [-0.05, 0) is 62.3 Å². The number of aryl methyl sites for hydroxylation is 1. The highest BCUT2D eigenvalue weighted by Crippen LogP contribution is 2.38. The van der Waals surface area contributed by atoms with Gasteiger partial charge in [0.2, 0.25) is 5.91 Å². The summed E-state index contributed by atoms with van der Waals surface area (Å²) in [5.41, 5.74) is 1.59. The molecule has 30 heavy (non-hydrogen) atoms. The third kappa shape index (κ3) is 5.90. The third-order valence-corrected chi connectivity index (χ3v) is 6.50. The van der Waals surface area contributed by atoms with Crippen LogP contribution < -0.4 is 10.1 Å². The minimum absolute atomic E-state index is 0.149. The Balaban J connectivity index is 1.57. The number of ether oxygens (including phenoxy) is 2. The fourth-order valence-electron chi connectivity index (χ4n) is 3.33. The number of esters is 1. The second kappa shape index (κ2) is 11.0. The molecular weight excluding hydrogens is 445 g/mol. The first-order valence-corrected chi connectivity index (χ1v) is 11.8. The van der Waals surface area contributed by atoms with E-state index in [9.17, 15) is 9.59 Å². The van der Waals surface area contributed by atoms with E-state index in [1.54, 1.807) is 18.2 Å². The van der Waals surface area contributed by atoms with Gasteiger partial charge >= 0.3 is 5.97 Å². The SMILES string of the molecule is CCCOC(=O)c1c(NC(=O)CCCOc2ccc(Cl)cc2Cl)sc2c1CCCC2. The fourth-order valence-corrected chi connectivity index (χ4v) is 5.09. The van der Waals surface area contributed by atoms with Crippen molar-refractivity contribution in [3.63, 3.8) is 0 Å². The molecule has 1 amide bonds. The molecule has 0 unspecified atom stereocenters. The molecular formula is C22H25Cl2NO4S. The van der Waals surface area contributed by atoms with Crippen LogP contribution in [-0.2, 0) is 22.4 Å². The van der Waals surface area contributed by atoms with Crippen LogP contribution in [0.1, 0.15) is 59.8 Å². The highest BCUT2D eigenvalue weighted by atomic mass is 35.5. The topological polar surface area (TPSA) is 64.6 Å². The van der Waals surface area contributed by atoms with Crippen LogP contribution in [-0.4, -0.2) is 25.1 Å². The van der Waals surface area contributed by atoms with Gasteiger partial charge in [0, 0.05) is 16.3 Å². The van der Waals surface area contributed by atoms with Gasteiger partial charge in [-0.15, -0.1) is 11.3 Å². The standard InChI is InChI=1S/C22H25Cl2NO4S/c1-2-11-29-22(27)20-15-6-3-4-7-18(15)30-21(20)25-19(26)8-5-12-28-17-10-9-14(23)13-16(17)24/h9-10,13H,2-8,11-12H2,1H3,(H,25,26). The number of carbonyl (C=O) groups is 2. The quantitative estimate of drug-likeness (QED) is 0.345. The minimum Gasteiger partial charge on any atom is -0.492 e. The van der Waals surface area contributed by atoms with E-state index in [4.69, 9.17) is 32.7 Å². The normalized spacial score (nSPS) is 12.9. The first-order chi connectivity index (χ1) is 14.5. The van der Waals surface area contributed by atoms with Gasteiger partial charge in [-0.25, -0.2) is 4.79 Å². The molecule has 5 nitrogen and oxygen atoms in total. The van der Waals surface area contributed by atoms with Crippen LogP contribution in [0, 0.1) is 0 Å². The van der Waals surface area contributed by atoms with E-state index in [1.807, 2.05) is 6.92 Å². The molecule has 1 aliphatic rings. The molecule has 1 aromatic heterocycles. The van der Waals surface area contributed by atoms with E-state index in [2.05, 4.69) is 5.32 Å². The predicted molar refractivity (Wildman–Crippen MR) is 121 cm³/mol. The lowest BCUT2D eigenvalue weighted by Crippen LogP contribution is -2.16. The molecule has 1 aromatic carbocycles. The molecule has 1 heterocycles. The maximum atomic E-state index is 12.6. The molecule has 1 aliphatic carbocycles. The average Bonchev–Trinajstić information content (AvgIpc) is 3.08. The second-order valence-corrected chi connectivity index (χ2v) is 9.07. The molecule has 0 fully saturated rings. The largest absolute Gasteiger partial charge is 0.492 e. The van der Waals surface area contributed by atoms with Crippen LogP contribution in [0.3, 0.4) is 0 Å². The van der Waals surface area contributed by atoms with E-state index in [-0.39, 0.29) is 18.3 Å². The van der Waals surface area contributed by atoms with E-state index in [0.29, 0.717) is 46.0 Å². The smallest absolute Gasteiger partial charge is 0.341 e. The lowest BCUT2D eigenvalue weighted by molar-refractivity contribution is -0.116. The van der Waals surface area contributed by atoms with Gasteiger partial charge in [-0.3, -0.25) is 4.79 Å². The Morgan fingerprint density at radius 2 is 1.97 bits per heavy atom. The van der Waals surface area contributed by atoms with Crippen LogP contribution in [0.2, 0.25) is 10.0 Å². The Bertz CT molecular complexity index is 913. The first kappa shape index (κ1) is 22.9. The molecule has 0 aliphatic heterocycles. The zero-order valence-electron chi connectivity index (χ0n) is 16.9. The van der Waals surface area contributed by atoms with Crippen molar-refractivity contribution in [2.45, 2.75) is 51.9 Å². The van der Waals surface area contributed by atoms with Crippen molar-refractivity contribution in [1.82, 2.24) is 0 Å². The van der Waals surface area contributed by atoms with Gasteiger partial charge in [0.15, 0.2) is 0 Å².